The molecule has 0 aliphatic carbocycles. The zero-order valence-corrected chi connectivity index (χ0v) is 21.5. The molecule has 1 atom stereocenters. The fraction of sp³-hybridized carbons (Fsp3) is 0.241. The van der Waals surface area contributed by atoms with Gasteiger partial charge in [0.1, 0.15) is 0 Å². The number of nitrogens with one attached hydrogen (secondary N) is 1. The number of alkyl halides is 6. The Bertz CT molecular complexity index is 1410. The molecule has 1 N–H and O–H groups in total. The summed E-state index contributed by atoms with van der Waals surface area (Å²) >= 11 is 0. The smallest absolute Gasteiger partial charge is 0.416 e. The number of benzene rings is 3. The highest BCUT2D eigenvalue weighted by Gasteiger charge is 2.38. The van der Waals surface area contributed by atoms with Gasteiger partial charge in [-0.15, -0.1) is 0 Å². The first kappa shape index (κ1) is 28.7. The monoisotopic (exact) mass is 561 g/mol. The highest BCUT2D eigenvalue weighted by Crippen LogP contribution is 2.37. The maximum Gasteiger partial charge on any atom is 0.416 e. The molecule has 3 aromatic carbocycles. The summed E-state index contributed by atoms with van der Waals surface area (Å²) in [6.45, 7) is 1.40. The van der Waals surface area contributed by atoms with E-state index in [1.807, 2.05) is 30.3 Å². The Morgan fingerprint density at radius 1 is 0.900 bits per heavy atom. The van der Waals surface area contributed by atoms with Crippen molar-refractivity contribution >= 4 is 11.9 Å². The Kier molecular flexibility index (Phi) is 8.22. The zero-order chi connectivity index (χ0) is 29.1. The molecule has 0 saturated heterocycles. The highest BCUT2D eigenvalue weighted by molar-refractivity contribution is 5.96. The van der Waals surface area contributed by atoms with E-state index in [1.165, 1.54) is 35.2 Å². The third-order valence-electron chi connectivity index (χ3n) is 6.49. The molecule has 4 rings (SSSR count). The molecule has 40 heavy (non-hydrogen) atoms. The van der Waals surface area contributed by atoms with Crippen LogP contribution in [0.5, 0.6) is 0 Å². The largest absolute Gasteiger partial charge is 0.466 e. The van der Waals surface area contributed by atoms with Crippen LogP contribution in [0.1, 0.15) is 40.8 Å². The van der Waals surface area contributed by atoms with Gasteiger partial charge in [-0.1, -0.05) is 60.7 Å². The molecule has 5 nitrogen and oxygen atoms in total. The summed E-state index contributed by atoms with van der Waals surface area (Å²) in [7, 11) is 1.15. The normalized spacial score (nSPS) is 17.1. The number of nitrogens with zero attached hydrogens (tertiary/aromatic N) is 2. The molecule has 0 saturated carbocycles. The number of hydrogen-bond donors (Lipinski definition) is 1. The number of hydrogen-bond acceptors (Lipinski definition) is 3. The number of carbonyl (C=O) groups is 1. The molecule has 11 heteroatoms. The Labute approximate surface area is 226 Å². The van der Waals surface area contributed by atoms with Crippen molar-refractivity contribution < 1.29 is 35.9 Å². The Morgan fingerprint density at radius 3 is 2.12 bits per heavy atom. The fourth-order valence-corrected chi connectivity index (χ4v) is 4.46. The topological polar surface area (TPSA) is 53.9 Å². The lowest BCUT2D eigenvalue weighted by molar-refractivity contribution is -0.139. The van der Waals surface area contributed by atoms with Gasteiger partial charge in [0, 0.05) is 5.70 Å². The van der Waals surface area contributed by atoms with Gasteiger partial charge in [0.05, 0.1) is 42.9 Å². The summed E-state index contributed by atoms with van der Waals surface area (Å²) in [5.74, 6) is -0.637. The van der Waals surface area contributed by atoms with E-state index in [9.17, 15) is 31.1 Å². The number of rotatable bonds is 6. The molecule has 0 radical (unpaired) electrons. The summed E-state index contributed by atoms with van der Waals surface area (Å²) in [5.41, 5.74) is -0.342. The number of ether oxygens (including phenoxy) is 1. The number of allylic oxidation sites excluding steroid dienone is 1. The van der Waals surface area contributed by atoms with Crippen LogP contribution in [0, 0.1) is 0 Å². The molecule has 0 fully saturated rings. The Balaban J connectivity index is 1.84. The lowest BCUT2D eigenvalue weighted by atomic mass is 9.93. The summed E-state index contributed by atoms with van der Waals surface area (Å²) in [6.07, 6.45) is -9.17. The van der Waals surface area contributed by atoms with Crippen LogP contribution in [0.15, 0.2) is 95.1 Å². The predicted molar refractivity (Wildman–Crippen MR) is 137 cm³/mol. The first-order valence-electron chi connectivity index (χ1n) is 12.1. The first-order chi connectivity index (χ1) is 18.9. The molecule has 1 heterocycles. The standard InChI is InChI=1S/C29H25F6N3O2/c1-18-24(26(39)40-2)25(20-12-14-22(15-13-20)28(30,31)32)37-27(36-16-19-8-4-3-5-9-19)38(18)17-21-10-6-7-11-23(21)29(33,34)35/h3-15,25H,16-17H2,1-2H3,(H,36,37). The van der Waals surface area contributed by atoms with Gasteiger partial charge in [0.2, 0.25) is 0 Å². The third-order valence-corrected chi connectivity index (χ3v) is 6.49. The molecular formula is C29H25F6N3O2. The molecular weight excluding hydrogens is 536 g/mol. The second-order valence-corrected chi connectivity index (χ2v) is 9.05. The van der Waals surface area contributed by atoms with E-state index in [2.05, 4.69) is 10.3 Å². The molecule has 1 unspecified atom stereocenters. The molecule has 0 bridgehead atoms. The van der Waals surface area contributed by atoms with Crippen LogP contribution in [0.4, 0.5) is 26.3 Å². The second kappa shape index (κ2) is 11.4. The number of carbonyl (C=O) groups excluding carboxylic acids is 1. The first-order valence-corrected chi connectivity index (χ1v) is 12.1. The molecule has 1 aliphatic rings. The van der Waals surface area contributed by atoms with Gasteiger partial charge in [-0.05, 0) is 41.8 Å². The summed E-state index contributed by atoms with van der Waals surface area (Å²) in [5, 5.41) is 3.08. The van der Waals surface area contributed by atoms with Crippen molar-refractivity contribution in [1.82, 2.24) is 10.2 Å². The van der Waals surface area contributed by atoms with Gasteiger partial charge in [-0.3, -0.25) is 0 Å². The van der Waals surface area contributed by atoms with E-state index in [-0.39, 0.29) is 35.9 Å². The average Bonchev–Trinajstić information content (AvgIpc) is 2.92. The minimum absolute atomic E-state index is 0.0328. The van der Waals surface area contributed by atoms with Crippen LogP contribution in [0.3, 0.4) is 0 Å². The van der Waals surface area contributed by atoms with Crippen LogP contribution in [0.25, 0.3) is 0 Å². The van der Waals surface area contributed by atoms with Crippen LogP contribution >= 0.6 is 0 Å². The van der Waals surface area contributed by atoms with Crippen molar-refractivity contribution in [3.8, 4) is 0 Å². The summed E-state index contributed by atoms with van der Waals surface area (Å²) in [6, 6.07) is 17.5. The van der Waals surface area contributed by atoms with Gasteiger partial charge in [-0.2, -0.15) is 26.3 Å². The maximum absolute atomic E-state index is 13.8. The predicted octanol–water partition coefficient (Wildman–Crippen LogP) is 6.87. The lowest BCUT2D eigenvalue weighted by Crippen LogP contribution is -2.49. The molecule has 210 valence electrons. The molecule has 1 aliphatic heterocycles. The molecule has 0 aromatic heterocycles. The number of esters is 1. The maximum atomic E-state index is 13.8. The molecule has 3 aromatic rings. The van der Waals surface area contributed by atoms with E-state index in [0.717, 1.165) is 30.9 Å². The van der Waals surface area contributed by atoms with E-state index >= 15 is 0 Å². The van der Waals surface area contributed by atoms with Crippen LogP contribution in [0.2, 0.25) is 0 Å². The van der Waals surface area contributed by atoms with Crippen molar-refractivity contribution in [2.75, 3.05) is 7.11 Å². The van der Waals surface area contributed by atoms with E-state index in [1.54, 1.807) is 6.92 Å². The SMILES string of the molecule is COC(=O)C1=C(C)N(Cc2ccccc2C(F)(F)F)C(=NCc2ccccc2)NC1c1ccc(C(F)(F)F)cc1. The van der Waals surface area contributed by atoms with Crippen molar-refractivity contribution in [1.29, 1.82) is 0 Å². The number of aliphatic imine (C=N–C) groups is 1. The quantitative estimate of drug-likeness (QED) is 0.264. The van der Waals surface area contributed by atoms with Gasteiger partial charge >= 0.3 is 18.3 Å². The summed E-state index contributed by atoms with van der Waals surface area (Å²) in [4.78, 5) is 19.0. The van der Waals surface area contributed by atoms with Gasteiger partial charge < -0.3 is 15.0 Å². The molecule has 0 spiro atoms. The van der Waals surface area contributed by atoms with Crippen LogP contribution < -0.4 is 5.32 Å². The molecule has 0 amide bonds. The highest BCUT2D eigenvalue weighted by atomic mass is 19.4. The second-order valence-electron chi connectivity index (χ2n) is 9.05. The van der Waals surface area contributed by atoms with E-state index in [4.69, 9.17) is 4.74 Å². The van der Waals surface area contributed by atoms with Crippen molar-refractivity contribution in [2.24, 2.45) is 4.99 Å². The van der Waals surface area contributed by atoms with Crippen LogP contribution in [-0.2, 0) is 35.0 Å². The minimum Gasteiger partial charge on any atom is -0.466 e. The lowest BCUT2D eigenvalue weighted by Gasteiger charge is -2.38. The Hall–Kier alpha value is -4.28. The van der Waals surface area contributed by atoms with Gasteiger partial charge in [-0.25, -0.2) is 9.79 Å². The van der Waals surface area contributed by atoms with Crippen molar-refractivity contribution in [2.45, 2.75) is 38.4 Å². The van der Waals surface area contributed by atoms with Gasteiger partial charge in [0.15, 0.2) is 5.96 Å². The van der Waals surface area contributed by atoms with E-state index in [0.29, 0.717) is 5.56 Å². The van der Waals surface area contributed by atoms with Crippen molar-refractivity contribution in [3.05, 3.63) is 118 Å². The summed E-state index contributed by atoms with van der Waals surface area (Å²) < 4.78 is 85.9. The third kappa shape index (κ3) is 6.30. The minimum atomic E-state index is -4.62. The number of halogens is 6. The fourth-order valence-electron chi connectivity index (χ4n) is 4.46. The number of methoxy groups -OCH3 is 1. The van der Waals surface area contributed by atoms with Gasteiger partial charge in [0.25, 0.3) is 0 Å². The Morgan fingerprint density at radius 2 is 1.52 bits per heavy atom. The zero-order valence-electron chi connectivity index (χ0n) is 21.5. The van der Waals surface area contributed by atoms with Crippen molar-refractivity contribution in [3.63, 3.8) is 0 Å². The van der Waals surface area contributed by atoms with E-state index < -0.39 is 35.5 Å². The van der Waals surface area contributed by atoms with Crippen LogP contribution in [-0.4, -0.2) is 23.9 Å². The number of guanidine groups is 1. The average molecular weight is 562 g/mol.